The van der Waals surface area contributed by atoms with Crippen molar-refractivity contribution in [2.45, 2.75) is 25.7 Å². The number of imide groups is 1. The molecule has 208 valence electrons. The minimum absolute atomic E-state index is 0.0259. The summed E-state index contributed by atoms with van der Waals surface area (Å²) in [5.41, 5.74) is 2.24. The number of ketones is 2. The molecular weight excluding hydrogens is 536 g/mol. The standard InChI is InChI=1S/C33H24N2O7/c1-16-14-26(37)29-24(31(16)38)15-23-21(30(29)28-20-5-3-2-4-17(20)6-13-25(28)36)11-12-22-27(23)33(40)34(32(22)39)18-7-9-19(10-8-18)35(41)42/h2-11,13-14,22-23,27,30,36H,12,15H2,1H3. The van der Waals surface area contributed by atoms with Crippen molar-refractivity contribution >= 4 is 45.5 Å². The number of anilines is 1. The van der Waals surface area contributed by atoms with Crippen molar-refractivity contribution in [1.82, 2.24) is 0 Å². The molecule has 1 N–H and O–H groups in total. The number of carbonyl (C=O) groups is 4. The van der Waals surface area contributed by atoms with Crippen LogP contribution in [0.4, 0.5) is 11.4 Å². The van der Waals surface area contributed by atoms with Gasteiger partial charge in [-0.2, -0.15) is 0 Å². The summed E-state index contributed by atoms with van der Waals surface area (Å²) >= 11 is 0. The molecule has 4 aliphatic rings. The fourth-order valence-electron chi connectivity index (χ4n) is 7.28. The first-order valence-corrected chi connectivity index (χ1v) is 13.7. The van der Waals surface area contributed by atoms with E-state index >= 15 is 0 Å². The molecule has 3 aromatic carbocycles. The number of nitro groups is 1. The predicted molar refractivity (Wildman–Crippen MR) is 153 cm³/mol. The number of nitro benzene ring substituents is 1. The third-order valence-corrected chi connectivity index (χ3v) is 9.12. The van der Waals surface area contributed by atoms with Crippen molar-refractivity contribution in [3.63, 3.8) is 0 Å². The minimum Gasteiger partial charge on any atom is -0.508 e. The normalized spacial score (nSPS) is 25.2. The highest BCUT2D eigenvalue weighted by atomic mass is 16.6. The van der Waals surface area contributed by atoms with Gasteiger partial charge < -0.3 is 5.11 Å². The summed E-state index contributed by atoms with van der Waals surface area (Å²) < 4.78 is 0. The van der Waals surface area contributed by atoms with Crippen LogP contribution in [0.3, 0.4) is 0 Å². The maximum Gasteiger partial charge on any atom is 0.269 e. The molecule has 1 heterocycles. The Morgan fingerprint density at radius 3 is 2.40 bits per heavy atom. The van der Waals surface area contributed by atoms with Crippen molar-refractivity contribution in [3.05, 3.63) is 111 Å². The van der Waals surface area contributed by atoms with Gasteiger partial charge in [-0.3, -0.25) is 34.2 Å². The number of hydrogen-bond donors (Lipinski definition) is 1. The average molecular weight is 561 g/mol. The van der Waals surface area contributed by atoms with Crippen molar-refractivity contribution < 1.29 is 29.2 Å². The van der Waals surface area contributed by atoms with Gasteiger partial charge in [-0.25, -0.2) is 0 Å². The van der Waals surface area contributed by atoms with E-state index in [1.54, 1.807) is 19.1 Å². The highest BCUT2D eigenvalue weighted by Gasteiger charge is 2.57. The van der Waals surface area contributed by atoms with Gasteiger partial charge in [-0.15, -0.1) is 0 Å². The molecule has 2 amide bonds. The van der Waals surface area contributed by atoms with Crippen LogP contribution in [0.5, 0.6) is 5.75 Å². The van der Waals surface area contributed by atoms with Crippen molar-refractivity contribution in [1.29, 1.82) is 0 Å². The van der Waals surface area contributed by atoms with Crippen LogP contribution in [0.15, 0.2) is 95.1 Å². The molecule has 1 aliphatic heterocycles. The topological polar surface area (TPSA) is 135 Å². The Bertz CT molecular complexity index is 1880. The van der Waals surface area contributed by atoms with Gasteiger partial charge in [0.2, 0.25) is 11.8 Å². The number of amides is 2. The summed E-state index contributed by atoms with van der Waals surface area (Å²) in [6, 6.07) is 16.1. The zero-order valence-corrected chi connectivity index (χ0v) is 22.4. The van der Waals surface area contributed by atoms with Gasteiger partial charge in [0.15, 0.2) is 11.6 Å². The molecule has 9 heteroatoms. The Hall–Kier alpha value is -5.18. The second-order valence-electron chi connectivity index (χ2n) is 11.2. The summed E-state index contributed by atoms with van der Waals surface area (Å²) in [6.07, 6.45) is 3.60. The molecule has 4 atom stereocenters. The number of carbonyl (C=O) groups excluding carboxylic acids is 4. The second-order valence-corrected chi connectivity index (χ2v) is 11.2. The van der Waals surface area contributed by atoms with Crippen LogP contribution in [0.2, 0.25) is 0 Å². The first kappa shape index (κ1) is 25.8. The maximum absolute atomic E-state index is 14.0. The molecule has 0 radical (unpaired) electrons. The molecule has 7 rings (SSSR count). The number of Topliss-reactive ketones (excluding diaryl/α,β-unsaturated/α-hetero) is 1. The van der Waals surface area contributed by atoms with E-state index in [9.17, 15) is 34.4 Å². The third-order valence-electron chi connectivity index (χ3n) is 9.12. The molecule has 1 saturated heterocycles. The van der Waals surface area contributed by atoms with Gasteiger partial charge in [-0.1, -0.05) is 42.0 Å². The molecule has 0 spiro atoms. The molecule has 3 aromatic rings. The SMILES string of the molecule is CC1=CC(=O)C2=C(CC3C(=CCC4C(=O)N(c5ccc([N+](=O)[O-])cc5)C(=O)C43)C2c2c(O)ccc3ccccc23)C1=O. The van der Waals surface area contributed by atoms with E-state index in [2.05, 4.69) is 0 Å². The highest BCUT2D eigenvalue weighted by Crippen LogP contribution is 2.57. The second kappa shape index (κ2) is 9.17. The molecule has 0 bridgehead atoms. The number of rotatable bonds is 3. The third kappa shape index (κ3) is 3.56. The van der Waals surface area contributed by atoms with Crippen LogP contribution in [0, 0.1) is 27.9 Å². The zero-order chi connectivity index (χ0) is 29.4. The lowest BCUT2D eigenvalue weighted by atomic mass is 9.59. The molecule has 1 fully saturated rings. The summed E-state index contributed by atoms with van der Waals surface area (Å²) in [7, 11) is 0. The van der Waals surface area contributed by atoms with Crippen LogP contribution >= 0.6 is 0 Å². The molecule has 0 aromatic heterocycles. The molecule has 3 aliphatic carbocycles. The summed E-state index contributed by atoms with van der Waals surface area (Å²) in [5.74, 6) is -4.27. The highest BCUT2D eigenvalue weighted by molar-refractivity contribution is 6.25. The number of allylic oxidation sites excluding steroid dienone is 6. The molecule has 4 unspecified atom stereocenters. The Morgan fingerprint density at radius 1 is 0.929 bits per heavy atom. The summed E-state index contributed by atoms with van der Waals surface area (Å²) in [6.45, 7) is 1.59. The number of nitrogens with zero attached hydrogens (tertiary/aromatic N) is 2. The molecule has 0 saturated carbocycles. The number of fused-ring (bicyclic) bond motifs is 4. The van der Waals surface area contributed by atoms with E-state index in [1.165, 1.54) is 30.3 Å². The Labute approximate surface area is 239 Å². The number of hydrogen-bond acceptors (Lipinski definition) is 7. The van der Waals surface area contributed by atoms with Crippen molar-refractivity contribution in [3.8, 4) is 5.75 Å². The Kier molecular flexibility index (Phi) is 5.63. The van der Waals surface area contributed by atoms with Crippen LogP contribution in [-0.4, -0.2) is 33.4 Å². The first-order chi connectivity index (χ1) is 20.2. The number of non-ortho nitro benzene ring substituents is 1. The summed E-state index contributed by atoms with van der Waals surface area (Å²) in [4.78, 5) is 66.5. The lowest BCUT2D eigenvalue weighted by molar-refractivity contribution is -0.384. The summed E-state index contributed by atoms with van der Waals surface area (Å²) in [5, 5.41) is 24.0. The van der Waals surface area contributed by atoms with Crippen LogP contribution in [-0.2, 0) is 19.2 Å². The maximum atomic E-state index is 14.0. The minimum atomic E-state index is -0.796. The Morgan fingerprint density at radius 2 is 1.67 bits per heavy atom. The van der Waals surface area contributed by atoms with Gasteiger partial charge >= 0.3 is 0 Å². The lowest BCUT2D eigenvalue weighted by Crippen LogP contribution is -2.39. The van der Waals surface area contributed by atoms with E-state index in [1.807, 2.05) is 30.3 Å². The fourth-order valence-corrected chi connectivity index (χ4v) is 7.28. The zero-order valence-electron chi connectivity index (χ0n) is 22.4. The lowest BCUT2D eigenvalue weighted by Gasteiger charge is -2.42. The largest absolute Gasteiger partial charge is 0.508 e. The van der Waals surface area contributed by atoms with E-state index < -0.39 is 40.4 Å². The fraction of sp³-hybridized carbons (Fsp3) is 0.212. The van der Waals surface area contributed by atoms with Gasteiger partial charge in [-0.05, 0) is 60.7 Å². The van der Waals surface area contributed by atoms with Crippen molar-refractivity contribution in [2.75, 3.05) is 4.90 Å². The number of aromatic hydroxyl groups is 1. The van der Waals surface area contributed by atoms with Gasteiger partial charge in [0, 0.05) is 40.3 Å². The van der Waals surface area contributed by atoms with Crippen LogP contribution in [0.25, 0.3) is 10.8 Å². The quantitative estimate of drug-likeness (QED) is 0.155. The smallest absolute Gasteiger partial charge is 0.269 e. The van der Waals surface area contributed by atoms with Crippen LogP contribution in [0.1, 0.15) is 31.2 Å². The monoisotopic (exact) mass is 560 g/mol. The van der Waals surface area contributed by atoms with E-state index in [4.69, 9.17) is 0 Å². The average Bonchev–Trinajstić information content (AvgIpc) is 3.24. The van der Waals surface area contributed by atoms with Gasteiger partial charge in [0.25, 0.3) is 5.69 Å². The van der Waals surface area contributed by atoms with Crippen molar-refractivity contribution in [2.24, 2.45) is 17.8 Å². The number of benzene rings is 3. The van der Waals surface area contributed by atoms with E-state index in [-0.39, 0.29) is 41.5 Å². The number of phenolic OH excluding ortho intramolecular Hbond substituents is 1. The first-order valence-electron chi connectivity index (χ1n) is 13.7. The predicted octanol–water partition coefficient (Wildman–Crippen LogP) is 5.09. The van der Waals surface area contributed by atoms with Gasteiger partial charge in [0.1, 0.15) is 5.75 Å². The molecular formula is C33H24N2O7. The molecule has 42 heavy (non-hydrogen) atoms. The number of phenols is 1. The van der Waals surface area contributed by atoms with E-state index in [0.29, 0.717) is 22.3 Å². The van der Waals surface area contributed by atoms with Crippen LogP contribution < -0.4 is 4.90 Å². The Balaban J connectivity index is 1.39. The van der Waals surface area contributed by atoms with Gasteiger partial charge in [0.05, 0.1) is 22.4 Å². The van der Waals surface area contributed by atoms with E-state index in [0.717, 1.165) is 21.2 Å². The molecule has 9 nitrogen and oxygen atoms in total.